The van der Waals surface area contributed by atoms with Crippen LogP contribution in [0, 0.1) is 0 Å². The Morgan fingerprint density at radius 1 is 1.00 bits per heavy atom. The van der Waals surface area contributed by atoms with Gasteiger partial charge in [-0.2, -0.15) is 4.68 Å². The van der Waals surface area contributed by atoms with E-state index in [0.29, 0.717) is 45.9 Å². The summed E-state index contributed by atoms with van der Waals surface area (Å²) in [6, 6.07) is 18.5. The lowest BCUT2D eigenvalue weighted by molar-refractivity contribution is -0.128. The number of ether oxygens (including phenoxy) is 2. The molecule has 0 spiro atoms. The second kappa shape index (κ2) is 12.3. The Kier molecular flexibility index (Phi) is 8.32. The van der Waals surface area contributed by atoms with E-state index in [2.05, 4.69) is 31.2 Å². The van der Waals surface area contributed by atoms with Gasteiger partial charge in [-0.05, 0) is 72.7 Å². The van der Waals surface area contributed by atoms with Crippen LogP contribution in [0.15, 0.2) is 73.1 Å². The minimum atomic E-state index is -1.08. The van der Waals surface area contributed by atoms with Crippen LogP contribution in [-0.4, -0.2) is 66.8 Å². The molecule has 13 heteroatoms. The molecule has 3 aromatic carbocycles. The quantitative estimate of drug-likeness (QED) is 0.247. The summed E-state index contributed by atoms with van der Waals surface area (Å²) >= 11 is 0. The number of rotatable bonds is 11. The number of anilines is 1. The maximum atomic E-state index is 14.4. The molecule has 0 bridgehead atoms. The highest BCUT2D eigenvalue weighted by molar-refractivity contribution is 6.02. The van der Waals surface area contributed by atoms with Crippen molar-refractivity contribution in [3.63, 3.8) is 0 Å². The van der Waals surface area contributed by atoms with E-state index >= 15 is 0 Å². The fourth-order valence-corrected chi connectivity index (χ4v) is 4.67. The van der Waals surface area contributed by atoms with Gasteiger partial charge in [0.2, 0.25) is 11.8 Å². The van der Waals surface area contributed by atoms with Crippen molar-refractivity contribution in [1.29, 1.82) is 0 Å². The Hall–Kier alpha value is -5.33. The van der Waals surface area contributed by atoms with Crippen molar-refractivity contribution in [2.75, 3.05) is 19.1 Å². The predicted molar refractivity (Wildman–Crippen MR) is 159 cm³/mol. The monoisotopic (exact) mass is 583 g/mol. The minimum Gasteiger partial charge on any atom is -0.497 e. The molecular formula is C30H33N9O4. The molecule has 0 unspecified atom stereocenters. The molecule has 5 rings (SSSR count). The molecule has 0 aliphatic rings. The number of hydrogen-bond acceptors (Lipinski definition) is 9. The Labute approximate surface area is 248 Å². The van der Waals surface area contributed by atoms with Gasteiger partial charge in [0.1, 0.15) is 41.6 Å². The first kappa shape index (κ1) is 29.2. The van der Waals surface area contributed by atoms with Crippen LogP contribution in [0.3, 0.4) is 0 Å². The molecule has 13 nitrogen and oxygen atoms in total. The van der Waals surface area contributed by atoms with Gasteiger partial charge in [0.25, 0.3) is 0 Å². The zero-order valence-electron chi connectivity index (χ0n) is 24.6. The first-order valence-corrected chi connectivity index (χ1v) is 13.7. The van der Waals surface area contributed by atoms with Gasteiger partial charge in [0.05, 0.1) is 19.7 Å². The highest BCUT2D eigenvalue weighted by atomic mass is 16.5. The molecule has 2 heterocycles. The summed E-state index contributed by atoms with van der Waals surface area (Å²) in [5.74, 6) is 0.185. The fraction of sp³-hybridized carbons (Fsp3) is 0.300. The van der Waals surface area contributed by atoms with Crippen LogP contribution >= 0.6 is 0 Å². The molecule has 0 fully saturated rings. The Bertz CT molecular complexity index is 1730. The summed E-state index contributed by atoms with van der Waals surface area (Å²) in [7, 11) is 3.06. The van der Waals surface area contributed by atoms with E-state index in [-0.39, 0.29) is 12.5 Å². The average molecular weight is 584 g/mol. The first-order chi connectivity index (χ1) is 20.7. The number of amides is 2. The molecule has 0 aliphatic carbocycles. The van der Waals surface area contributed by atoms with Crippen LogP contribution in [0.4, 0.5) is 5.69 Å². The third-order valence-electron chi connectivity index (χ3n) is 7.27. The highest BCUT2D eigenvalue weighted by Gasteiger charge is 2.36. The van der Waals surface area contributed by atoms with Gasteiger partial charge in [0, 0.05) is 17.3 Å². The first-order valence-electron chi connectivity index (χ1n) is 13.7. The summed E-state index contributed by atoms with van der Waals surface area (Å²) in [5.41, 5.74) is 2.34. The van der Waals surface area contributed by atoms with Crippen molar-refractivity contribution in [2.45, 2.75) is 45.3 Å². The molecule has 1 atom stereocenters. The van der Waals surface area contributed by atoms with Crippen LogP contribution in [0.25, 0.3) is 16.7 Å². The van der Waals surface area contributed by atoms with E-state index in [0.717, 1.165) is 0 Å². The summed E-state index contributed by atoms with van der Waals surface area (Å²) in [6.45, 7) is 5.68. The number of nitrogens with zero attached hydrogens (tertiary/aromatic N) is 8. The van der Waals surface area contributed by atoms with Crippen molar-refractivity contribution in [1.82, 2.24) is 40.5 Å². The largest absolute Gasteiger partial charge is 0.497 e. The van der Waals surface area contributed by atoms with E-state index in [1.54, 1.807) is 49.6 Å². The van der Waals surface area contributed by atoms with E-state index < -0.39 is 17.5 Å². The lowest BCUT2D eigenvalue weighted by atomic mass is 9.98. The van der Waals surface area contributed by atoms with Crippen molar-refractivity contribution in [3.8, 4) is 17.2 Å². The second-order valence-electron chi connectivity index (χ2n) is 10.5. The van der Waals surface area contributed by atoms with E-state index in [1.807, 2.05) is 45.0 Å². The maximum absolute atomic E-state index is 14.4. The molecule has 2 aromatic heterocycles. The van der Waals surface area contributed by atoms with Gasteiger partial charge < -0.3 is 14.8 Å². The lowest BCUT2D eigenvalue weighted by Gasteiger charge is -2.35. The Balaban J connectivity index is 1.67. The number of tetrazole rings is 1. The third-order valence-corrected chi connectivity index (χ3v) is 7.27. The maximum Gasteiger partial charge on any atom is 0.249 e. The third kappa shape index (κ3) is 6.15. The van der Waals surface area contributed by atoms with Crippen molar-refractivity contribution in [3.05, 3.63) is 78.6 Å². The number of fused-ring (bicyclic) bond motifs is 1. The molecule has 2 amide bonds. The van der Waals surface area contributed by atoms with Gasteiger partial charge in [-0.15, -0.1) is 10.2 Å². The number of carbonyl (C=O) groups excluding carboxylic acids is 2. The van der Waals surface area contributed by atoms with E-state index in [4.69, 9.17) is 9.47 Å². The van der Waals surface area contributed by atoms with Crippen LogP contribution in [0.1, 0.15) is 38.8 Å². The molecule has 0 saturated heterocycles. The van der Waals surface area contributed by atoms with Gasteiger partial charge >= 0.3 is 0 Å². The van der Waals surface area contributed by atoms with Crippen molar-refractivity contribution in [2.24, 2.45) is 0 Å². The highest BCUT2D eigenvalue weighted by Crippen LogP contribution is 2.35. The number of benzene rings is 3. The molecule has 43 heavy (non-hydrogen) atoms. The number of hydrogen-bond donors (Lipinski definition) is 1. The minimum absolute atomic E-state index is 0.178. The fourth-order valence-electron chi connectivity index (χ4n) is 4.67. The SMILES string of the molecule is CCC(C)(C)NC(=O)[C@@H](c1cccc(OC)c1)N(C(=O)Cn1nnc2ccccc21)c1ccc(-n2cnnn2)c(OC)c1. The lowest BCUT2D eigenvalue weighted by Crippen LogP contribution is -2.51. The normalized spacial score (nSPS) is 12.1. The van der Waals surface area contributed by atoms with Crippen LogP contribution in [0.2, 0.25) is 0 Å². The zero-order valence-corrected chi connectivity index (χ0v) is 24.6. The molecule has 1 N–H and O–H groups in total. The summed E-state index contributed by atoms with van der Waals surface area (Å²) in [5, 5.41) is 22.9. The van der Waals surface area contributed by atoms with Crippen LogP contribution < -0.4 is 19.7 Å². The topological polar surface area (TPSA) is 142 Å². The predicted octanol–water partition coefficient (Wildman–Crippen LogP) is 3.50. The summed E-state index contributed by atoms with van der Waals surface area (Å²) < 4.78 is 14.1. The molecule has 0 radical (unpaired) electrons. The number of aromatic nitrogens is 7. The molecule has 0 saturated carbocycles. The number of carbonyl (C=O) groups is 2. The van der Waals surface area contributed by atoms with E-state index in [9.17, 15) is 9.59 Å². The van der Waals surface area contributed by atoms with Crippen molar-refractivity contribution >= 4 is 28.5 Å². The number of methoxy groups -OCH3 is 2. The standard InChI is InChI=1S/C30H33N9O4/c1-6-30(2,3)32-29(41)28(20-10-9-11-22(16-20)42-4)39(27(40)18-37-24-13-8-7-12-23(24)33-35-37)21-14-15-25(26(17-21)43-5)38-19-31-34-36-38/h7-17,19,28H,6,18H2,1-5H3,(H,32,41)/t28-/m1/s1. The Morgan fingerprint density at radius 2 is 1.81 bits per heavy atom. The average Bonchev–Trinajstić information content (AvgIpc) is 3.70. The van der Waals surface area contributed by atoms with Gasteiger partial charge in [-0.3, -0.25) is 14.5 Å². The summed E-state index contributed by atoms with van der Waals surface area (Å²) in [6.07, 6.45) is 2.12. The molecule has 0 aliphatic heterocycles. The Morgan fingerprint density at radius 3 is 2.53 bits per heavy atom. The van der Waals surface area contributed by atoms with E-state index in [1.165, 1.54) is 27.7 Å². The summed E-state index contributed by atoms with van der Waals surface area (Å²) in [4.78, 5) is 30.1. The smallest absolute Gasteiger partial charge is 0.249 e. The second-order valence-corrected chi connectivity index (χ2v) is 10.5. The number of para-hydroxylation sites is 1. The van der Waals surface area contributed by atoms with Crippen LogP contribution in [-0.2, 0) is 16.1 Å². The molecule has 222 valence electrons. The van der Waals surface area contributed by atoms with Gasteiger partial charge in [-0.1, -0.05) is 36.4 Å². The van der Waals surface area contributed by atoms with Crippen molar-refractivity contribution < 1.29 is 19.1 Å². The number of nitrogens with one attached hydrogen (secondary N) is 1. The molecule has 5 aromatic rings. The zero-order chi connectivity index (χ0) is 30.6. The van der Waals surface area contributed by atoms with Crippen LogP contribution in [0.5, 0.6) is 11.5 Å². The molecular weight excluding hydrogens is 550 g/mol. The van der Waals surface area contributed by atoms with Gasteiger partial charge in [0.15, 0.2) is 0 Å². The van der Waals surface area contributed by atoms with Gasteiger partial charge in [-0.25, -0.2) is 4.68 Å².